The molecule has 108 valence electrons. The van der Waals surface area contributed by atoms with Gasteiger partial charge in [-0.1, -0.05) is 13.3 Å². The van der Waals surface area contributed by atoms with Gasteiger partial charge in [0.25, 0.3) is 0 Å². The highest BCUT2D eigenvalue weighted by molar-refractivity contribution is 8.00. The molecule has 0 saturated carbocycles. The Balaban J connectivity index is 3.45. The first-order chi connectivity index (χ1) is 8.37. The minimum atomic E-state index is -4.05. The summed E-state index contributed by atoms with van der Waals surface area (Å²) in [6, 6.07) is 0. The Bertz CT molecular complexity index is 232. The number of alkyl halides is 3. The fourth-order valence-corrected chi connectivity index (χ4v) is 2.18. The van der Waals surface area contributed by atoms with Crippen molar-refractivity contribution in [1.82, 2.24) is 0 Å². The van der Waals surface area contributed by atoms with Crippen LogP contribution in [-0.4, -0.2) is 29.8 Å². The van der Waals surface area contributed by atoms with Crippen LogP contribution in [0.2, 0.25) is 0 Å². The van der Waals surface area contributed by atoms with Crippen molar-refractivity contribution < 1.29 is 22.7 Å². The maximum Gasteiger partial charge on any atom is 0.389 e. The molecule has 0 amide bonds. The van der Waals surface area contributed by atoms with Crippen LogP contribution in [0.4, 0.5) is 13.2 Å². The van der Waals surface area contributed by atoms with Crippen molar-refractivity contribution in [3.8, 4) is 0 Å². The molecule has 0 saturated heterocycles. The lowest BCUT2D eigenvalue weighted by Gasteiger charge is -2.10. The second-order valence-corrected chi connectivity index (χ2v) is 5.56. The van der Waals surface area contributed by atoms with Gasteiger partial charge in [-0.05, 0) is 31.9 Å². The van der Waals surface area contributed by atoms with Crippen LogP contribution in [0.1, 0.15) is 46.0 Å². The third-order valence-corrected chi connectivity index (χ3v) is 3.47. The first-order valence-corrected chi connectivity index (χ1v) is 7.26. The van der Waals surface area contributed by atoms with Gasteiger partial charge in [-0.25, -0.2) is 0 Å². The van der Waals surface area contributed by atoms with Crippen molar-refractivity contribution in [2.45, 2.75) is 57.4 Å². The summed E-state index contributed by atoms with van der Waals surface area (Å²) < 4.78 is 40.5. The fraction of sp³-hybridized carbons (Fsp3) is 0.917. The molecule has 0 aromatic carbocycles. The zero-order valence-corrected chi connectivity index (χ0v) is 11.7. The minimum absolute atomic E-state index is 0.165. The molecule has 0 rings (SSSR count). The van der Waals surface area contributed by atoms with Crippen LogP contribution in [0, 0.1) is 0 Å². The van der Waals surface area contributed by atoms with Gasteiger partial charge in [0.05, 0.1) is 11.9 Å². The summed E-state index contributed by atoms with van der Waals surface area (Å²) in [4.78, 5) is 11.4. The summed E-state index contributed by atoms with van der Waals surface area (Å²) in [6.07, 6.45) is -2.56. The van der Waals surface area contributed by atoms with Gasteiger partial charge in [0.15, 0.2) is 0 Å². The maximum absolute atomic E-state index is 11.9. The molecule has 1 atom stereocenters. The van der Waals surface area contributed by atoms with E-state index in [1.165, 1.54) is 11.8 Å². The molecule has 1 unspecified atom stereocenters. The summed E-state index contributed by atoms with van der Waals surface area (Å²) in [5.41, 5.74) is 0. The number of rotatable bonds is 9. The number of carbonyl (C=O) groups excluding carboxylic acids is 1. The summed E-state index contributed by atoms with van der Waals surface area (Å²) in [6.45, 7) is 4.11. The van der Waals surface area contributed by atoms with Crippen molar-refractivity contribution in [3.05, 3.63) is 0 Å². The van der Waals surface area contributed by atoms with E-state index in [1.54, 1.807) is 6.92 Å². The van der Waals surface area contributed by atoms with E-state index in [9.17, 15) is 18.0 Å². The van der Waals surface area contributed by atoms with Crippen molar-refractivity contribution >= 4 is 17.7 Å². The van der Waals surface area contributed by atoms with E-state index in [0.29, 0.717) is 25.2 Å². The topological polar surface area (TPSA) is 26.3 Å². The van der Waals surface area contributed by atoms with Gasteiger partial charge in [-0.3, -0.25) is 4.79 Å². The van der Waals surface area contributed by atoms with Crippen molar-refractivity contribution in [2.24, 2.45) is 0 Å². The number of hydrogen-bond acceptors (Lipinski definition) is 3. The monoisotopic (exact) mass is 286 g/mol. The number of hydrogen-bond donors (Lipinski definition) is 0. The molecule has 0 radical (unpaired) electrons. The van der Waals surface area contributed by atoms with Crippen molar-refractivity contribution in [2.75, 3.05) is 12.4 Å². The molecule has 2 nitrogen and oxygen atoms in total. The number of carbonyl (C=O) groups is 1. The van der Waals surface area contributed by atoms with Crippen molar-refractivity contribution in [1.29, 1.82) is 0 Å². The van der Waals surface area contributed by atoms with Crippen LogP contribution in [-0.2, 0) is 9.53 Å². The average Bonchev–Trinajstić information content (AvgIpc) is 2.28. The van der Waals surface area contributed by atoms with E-state index in [4.69, 9.17) is 4.74 Å². The van der Waals surface area contributed by atoms with Crippen molar-refractivity contribution in [3.63, 3.8) is 0 Å². The third-order valence-electron chi connectivity index (χ3n) is 2.25. The standard InChI is InChI=1S/C12H21F3O2S/c1-3-8-17-11(16)10(2)18-9-6-4-5-7-12(13,14)15/h10H,3-9H2,1-2H3. The summed E-state index contributed by atoms with van der Waals surface area (Å²) >= 11 is 1.44. The Labute approximate surface area is 111 Å². The van der Waals surface area contributed by atoms with Gasteiger partial charge in [0.2, 0.25) is 0 Å². The molecule has 0 aliphatic rings. The maximum atomic E-state index is 11.9. The largest absolute Gasteiger partial charge is 0.465 e. The van der Waals surface area contributed by atoms with Gasteiger partial charge >= 0.3 is 12.1 Å². The summed E-state index contributed by atoms with van der Waals surface area (Å²) in [5, 5.41) is -0.237. The van der Waals surface area contributed by atoms with Gasteiger partial charge in [0, 0.05) is 6.42 Å². The molecule has 0 aromatic heterocycles. The molecule has 0 fully saturated rings. The molecule has 0 bridgehead atoms. The zero-order valence-electron chi connectivity index (χ0n) is 10.9. The van der Waals surface area contributed by atoms with Crippen LogP contribution in [0.25, 0.3) is 0 Å². The van der Waals surface area contributed by atoms with Crippen LogP contribution < -0.4 is 0 Å². The van der Waals surface area contributed by atoms with Crippen LogP contribution in [0.5, 0.6) is 0 Å². The quantitative estimate of drug-likeness (QED) is 0.470. The summed E-state index contributed by atoms with van der Waals surface area (Å²) in [7, 11) is 0. The lowest BCUT2D eigenvalue weighted by atomic mass is 10.2. The van der Waals surface area contributed by atoms with Gasteiger partial charge in [-0.2, -0.15) is 13.2 Å². The van der Waals surface area contributed by atoms with Gasteiger partial charge in [-0.15, -0.1) is 11.8 Å². The number of thioether (sulfide) groups is 1. The molecular formula is C12H21F3O2S. The molecule has 0 heterocycles. The SMILES string of the molecule is CCCOC(=O)C(C)SCCCCCC(F)(F)F. The normalized spacial score (nSPS) is 13.4. The highest BCUT2D eigenvalue weighted by Crippen LogP contribution is 2.23. The van der Waals surface area contributed by atoms with E-state index >= 15 is 0 Å². The Morgan fingerprint density at radius 1 is 1.28 bits per heavy atom. The molecule has 0 aromatic rings. The number of halogens is 3. The molecule has 0 spiro atoms. The number of unbranched alkanes of at least 4 members (excludes halogenated alkanes) is 2. The van der Waals surface area contributed by atoms with Crippen LogP contribution in [0.3, 0.4) is 0 Å². The Hall–Kier alpha value is -0.390. The molecule has 0 aliphatic heterocycles. The molecule has 0 aliphatic carbocycles. The van der Waals surface area contributed by atoms with E-state index in [0.717, 1.165) is 6.42 Å². The second kappa shape index (κ2) is 9.53. The van der Waals surface area contributed by atoms with E-state index in [-0.39, 0.29) is 17.6 Å². The van der Waals surface area contributed by atoms with Crippen LogP contribution >= 0.6 is 11.8 Å². The predicted molar refractivity (Wildman–Crippen MR) is 67.7 cm³/mol. The first-order valence-electron chi connectivity index (χ1n) is 6.21. The average molecular weight is 286 g/mol. The summed E-state index contributed by atoms with van der Waals surface area (Å²) in [5.74, 6) is 0.456. The molecule has 6 heteroatoms. The minimum Gasteiger partial charge on any atom is -0.465 e. The highest BCUT2D eigenvalue weighted by atomic mass is 32.2. The molecular weight excluding hydrogens is 265 g/mol. The first kappa shape index (κ1) is 17.6. The van der Waals surface area contributed by atoms with E-state index in [2.05, 4.69) is 0 Å². The zero-order chi connectivity index (χ0) is 14.0. The third kappa shape index (κ3) is 10.7. The fourth-order valence-electron chi connectivity index (χ4n) is 1.25. The number of ether oxygens (including phenoxy) is 1. The van der Waals surface area contributed by atoms with E-state index in [1.807, 2.05) is 6.92 Å². The smallest absolute Gasteiger partial charge is 0.389 e. The van der Waals surface area contributed by atoms with Gasteiger partial charge in [0.1, 0.15) is 0 Å². The molecule has 18 heavy (non-hydrogen) atoms. The Morgan fingerprint density at radius 2 is 1.94 bits per heavy atom. The van der Waals surface area contributed by atoms with E-state index < -0.39 is 12.6 Å². The second-order valence-electron chi connectivity index (χ2n) is 4.11. The Morgan fingerprint density at radius 3 is 2.50 bits per heavy atom. The highest BCUT2D eigenvalue weighted by Gasteiger charge is 2.25. The predicted octanol–water partition coefficient (Wildman–Crippen LogP) is 4.18. The Kier molecular flexibility index (Phi) is 9.32. The lowest BCUT2D eigenvalue weighted by Crippen LogP contribution is -2.17. The lowest BCUT2D eigenvalue weighted by molar-refractivity contribution is -0.142. The molecule has 0 N–H and O–H groups in total. The van der Waals surface area contributed by atoms with Crippen LogP contribution in [0.15, 0.2) is 0 Å². The number of esters is 1. The van der Waals surface area contributed by atoms with Gasteiger partial charge < -0.3 is 4.74 Å².